The molecule has 742 valence electrons. The lowest BCUT2D eigenvalue weighted by atomic mass is 9.90. The van der Waals surface area contributed by atoms with Crippen LogP contribution in [0.4, 0.5) is 9.59 Å². The number of carbonyl (C=O) groups excluding carboxylic acids is 9. The number of rotatable bonds is 94. The van der Waals surface area contributed by atoms with Gasteiger partial charge < -0.3 is 158 Å². The van der Waals surface area contributed by atoms with Gasteiger partial charge in [0, 0.05) is 71.2 Å². The molecule has 0 aliphatic rings. The molecular formula is C83H162N10O33. The van der Waals surface area contributed by atoms with Gasteiger partial charge in [-0.25, -0.2) is 9.59 Å². The van der Waals surface area contributed by atoms with E-state index in [4.69, 9.17) is 137 Å². The van der Waals surface area contributed by atoms with Crippen LogP contribution in [0.2, 0.25) is 0 Å². The number of nitrogens with zero attached hydrogens (tertiary/aromatic N) is 1. The first-order chi connectivity index (χ1) is 60.6. The van der Waals surface area contributed by atoms with Crippen LogP contribution in [-0.2, 0) is 147 Å². The van der Waals surface area contributed by atoms with Crippen molar-refractivity contribution in [3.8, 4) is 0 Å². The molecule has 13 N–H and O–H groups in total. The van der Waals surface area contributed by atoms with Crippen LogP contribution in [0.5, 0.6) is 0 Å². The monoisotopic (exact) mass is 1830 g/mol. The number of imide groups is 1. The van der Waals surface area contributed by atoms with Crippen LogP contribution in [0.15, 0.2) is 0 Å². The predicted molar refractivity (Wildman–Crippen MR) is 462 cm³/mol. The third-order valence-electron chi connectivity index (χ3n) is 16.2. The number of hydrogen-bond donors (Lipinski definition) is 9. The summed E-state index contributed by atoms with van der Waals surface area (Å²) >= 11 is 0. The lowest BCUT2D eigenvalue weighted by Gasteiger charge is -2.27. The van der Waals surface area contributed by atoms with Crippen LogP contribution in [0.3, 0.4) is 0 Å². The van der Waals surface area contributed by atoms with E-state index < -0.39 is 65.6 Å². The van der Waals surface area contributed by atoms with E-state index in [1.807, 2.05) is 0 Å². The average Bonchev–Trinajstić information content (AvgIpc) is 0.871. The number of ether oxygens (including phenoxy) is 23. The number of Topliss-reactive ketones (excluding diaryl/α,β-unsaturated/α-hetero) is 2. The van der Waals surface area contributed by atoms with Gasteiger partial charge in [0.1, 0.15) is 37.6 Å². The Morgan fingerprint density at radius 1 is 0.278 bits per heavy atom. The topological polar surface area (TPSA) is 543 Å². The third kappa shape index (κ3) is 85.2. The zero-order chi connectivity index (χ0) is 91.9. The highest BCUT2D eigenvalue weighted by molar-refractivity contribution is 5.94. The maximum absolute atomic E-state index is 14.8. The molecule has 0 rings (SSSR count). The van der Waals surface area contributed by atoms with Crippen LogP contribution in [0.25, 0.3) is 0 Å². The molecule has 7 amide bonds. The standard InChI is InChI=1S/C82H158N10O33.CH4/c1-81(2,3)124-79(100)92(80(101)125-82(4,5)6)123-63-62-118-55-54-114-47-46-110-42-38-106-34-30-102-25-13-17-72(93)70(15-8-11-23-88-75(96)66-120-59-56-115-51-48-111-43-39-107-35-31-103-26-18-83)91-78(99)69(14-7-10-22-87-74(95)65-119-29-21-86)64-73(94)71(90-77(98)68-122-61-58-117-53-50-113-45-41-109-37-33-105-28-20-85)16-9-12-24-89-76(97)67-121-60-57-116-52-49-112-44-40-108-36-32-104-27-19-84;/h69-71H,7-68,83-86H2,1-6H3,(H,87,95)(H,88,96)(H,89,97)(H,90,98)(H,91,99);1H4/t69-,70+,71+;/m1./s1. The Morgan fingerprint density at radius 3 is 0.825 bits per heavy atom. The molecular weight excluding hydrogens is 1660 g/mol. The Morgan fingerprint density at radius 2 is 0.524 bits per heavy atom. The van der Waals surface area contributed by atoms with Gasteiger partial charge in [-0.3, -0.25) is 38.4 Å². The van der Waals surface area contributed by atoms with E-state index in [1.165, 1.54) is 0 Å². The number of carbonyl (C=O) groups is 9. The van der Waals surface area contributed by atoms with Crippen molar-refractivity contribution in [3.63, 3.8) is 0 Å². The Hall–Kier alpha value is -5.61. The number of ketones is 2. The van der Waals surface area contributed by atoms with Gasteiger partial charge in [0.05, 0.1) is 263 Å². The van der Waals surface area contributed by atoms with Gasteiger partial charge in [-0.05, 0) is 99.3 Å². The van der Waals surface area contributed by atoms with Gasteiger partial charge in [0.25, 0.3) is 0 Å². The molecule has 0 radical (unpaired) electrons. The number of unbranched alkanes of at least 4 members (excludes halogenated alkanes) is 3. The Labute approximate surface area is 747 Å². The van der Waals surface area contributed by atoms with Gasteiger partial charge in [0.2, 0.25) is 29.5 Å². The van der Waals surface area contributed by atoms with E-state index in [1.54, 1.807) is 41.5 Å². The molecule has 43 nitrogen and oxygen atoms in total. The number of nitrogens with one attached hydrogen (secondary N) is 5. The molecule has 0 saturated carbocycles. The summed E-state index contributed by atoms with van der Waals surface area (Å²) in [5, 5.41) is 14.6. The summed E-state index contributed by atoms with van der Waals surface area (Å²) in [6.07, 6.45) is 0.718. The highest BCUT2D eigenvalue weighted by Crippen LogP contribution is 2.20. The van der Waals surface area contributed by atoms with Crippen molar-refractivity contribution in [1.82, 2.24) is 31.6 Å². The molecule has 0 aromatic heterocycles. The van der Waals surface area contributed by atoms with Crippen LogP contribution in [-0.4, -0.2) is 412 Å². The Kier molecular flexibility index (Phi) is 87.4. The fourth-order valence-electron chi connectivity index (χ4n) is 10.3. The molecule has 0 unspecified atom stereocenters. The largest absolute Gasteiger partial charge is 0.444 e. The molecule has 0 bridgehead atoms. The minimum absolute atomic E-state index is 0. The lowest BCUT2D eigenvalue weighted by Crippen LogP contribution is -2.46. The van der Waals surface area contributed by atoms with Crippen LogP contribution >= 0.6 is 0 Å². The summed E-state index contributed by atoms with van der Waals surface area (Å²) in [5.74, 6) is -4.03. The highest BCUT2D eigenvalue weighted by Gasteiger charge is 2.34. The van der Waals surface area contributed by atoms with Crippen molar-refractivity contribution < 1.29 is 157 Å². The number of hydrogen-bond acceptors (Lipinski definition) is 37. The van der Waals surface area contributed by atoms with E-state index in [9.17, 15) is 43.2 Å². The van der Waals surface area contributed by atoms with E-state index in [0.717, 1.165) is 0 Å². The van der Waals surface area contributed by atoms with Crippen molar-refractivity contribution in [1.29, 1.82) is 0 Å². The van der Waals surface area contributed by atoms with Gasteiger partial charge in [0.15, 0.2) is 11.6 Å². The Bertz CT molecular complexity index is 2570. The van der Waals surface area contributed by atoms with Crippen molar-refractivity contribution in [3.05, 3.63) is 0 Å². The van der Waals surface area contributed by atoms with E-state index >= 15 is 0 Å². The molecule has 0 fully saturated rings. The van der Waals surface area contributed by atoms with E-state index in [0.29, 0.717) is 202 Å². The highest BCUT2D eigenvalue weighted by atomic mass is 16.8. The van der Waals surface area contributed by atoms with Gasteiger partial charge in [-0.1, -0.05) is 18.9 Å². The second kappa shape index (κ2) is 90.0. The number of amides is 7. The summed E-state index contributed by atoms with van der Waals surface area (Å²) in [6.45, 7) is 22.7. The Balaban J connectivity index is 0. The molecule has 3 atom stereocenters. The maximum atomic E-state index is 14.8. The minimum atomic E-state index is -1.10. The van der Waals surface area contributed by atoms with Crippen molar-refractivity contribution in [2.45, 2.75) is 149 Å². The van der Waals surface area contributed by atoms with Crippen LogP contribution in [0.1, 0.15) is 126 Å². The first-order valence-corrected chi connectivity index (χ1v) is 43.8. The van der Waals surface area contributed by atoms with E-state index in [2.05, 4.69) is 26.6 Å². The summed E-state index contributed by atoms with van der Waals surface area (Å²) < 4.78 is 126. The summed E-state index contributed by atoms with van der Waals surface area (Å²) in [4.78, 5) is 126. The second-order valence-corrected chi connectivity index (χ2v) is 29.5. The predicted octanol–water partition coefficient (Wildman–Crippen LogP) is 0.664. The molecule has 0 aliphatic heterocycles. The van der Waals surface area contributed by atoms with Gasteiger partial charge in [-0.15, -0.1) is 0 Å². The van der Waals surface area contributed by atoms with E-state index in [-0.39, 0.29) is 235 Å². The number of hydroxylamine groups is 2. The average molecular weight is 1830 g/mol. The molecule has 126 heavy (non-hydrogen) atoms. The van der Waals surface area contributed by atoms with Crippen molar-refractivity contribution in [2.24, 2.45) is 28.9 Å². The normalized spacial score (nSPS) is 12.3. The molecule has 0 heterocycles. The summed E-state index contributed by atoms with van der Waals surface area (Å²) in [5.41, 5.74) is 20.0. The van der Waals surface area contributed by atoms with Crippen LogP contribution in [0, 0.1) is 5.92 Å². The maximum Gasteiger partial charge on any atom is 0.444 e. The fraction of sp³-hybridized carbons (Fsp3) is 0.892. The summed E-state index contributed by atoms with van der Waals surface area (Å²) in [7, 11) is 0. The minimum Gasteiger partial charge on any atom is -0.442 e. The fourth-order valence-corrected chi connectivity index (χ4v) is 10.3. The number of nitrogens with two attached hydrogens (primary N) is 4. The first kappa shape index (κ1) is 122. The molecule has 43 heteroatoms. The third-order valence-corrected chi connectivity index (χ3v) is 16.2. The first-order valence-electron chi connectivity index (χ1n) is 43.8. The molecule has 0 aromatic carbocycles. The van der Waals surface area contributed by atoms with Gasteiger partial charge in [-0.2, -0.15) is 0 Å². The lowest BCUT2D eigenvalue weighted by molar-refractivity contribution is -0.148. The molecule has 0 saturated heterocycles. The SMILES string of the molecule is C.CC(C)(C)OC(=O)N(OCCOCCOCCOCCOCCOCCCC(=O)[C@H](CCCCNC(=O)COCCOCCOCCOCCOCCN)NC(=O)[C@H](CCCCNC(=O)COCCN)CC(=O)[C@H](CCCCNC(=O)COCCOCCOCCOCCOCCN)NC(=O)COCCOCCOCCOCCOCCN)C(=O)OC(C)(C)C. The quantitative estimate of drug-likeness (QED) is 0.0298. The zero-order valence-electron chi connectivity index (χ0n) is 75.8. The second-order valence-electron chi connectivity index (χ2n) is 29.5. The van der Waals surface area contributed by atoms with Crippen molar-refractivity contribution >= 4 is 53.3 Å². The molecule has 0 spiro atoms. The van der Waals surface area contributed by atoms with Gasteiger partial charge >= 0.3 is 12.2 Å². The van der Waals surface area contributed by atoms with Crippen molar-refractivity contribution in [2.75, 3.05) is 330 Å². The summed E-state index contributed by atoms with van der Waals surface area (Å²) in [6, 6.07) is -2.12. The smallest absolute Gasteiger partial charge is 0.442 e. The molecule has 0 aliphatic carbocycles. The zero-order valence-corrected chi connectivity index (χ0v) is 75.8. The molecule has 0 aromatic rings. The van der Waals surface area contributed by atoms with Crippen LogP contribution < -0.4 is 49.5 Å².